The molecule has 27 heavy (non-hydrogen) atoms. The number of amides is 1. The molecule has 1 saturated heterocycles. The summed E-state index contributed by atoms with van der Waals surface area (Å²) < 4.78 is 0. The van der Waals surface area contributed by atoms with Crippen LogP contribution in [0.2, 0.25) is 0 Å². The maximum absolute atomic E-state index is 12.4. The number of hydrogen-bond acceptors (Lipinski definition) is 4. The van der Waals surface area contributed by atoms with Gasteiger partial charge in [0.05, 0.1) is 0 Å². The molecule has 1 fully saturated rings. The van der Waals surface area contributed by atoms with Gasteiger partial charge >= 0.3 is 5.97 Å². The highest BCUT2D eigenvalue weighted by molar-refractivity contribution is 5.76. The summed E-state index contributed by atoms with van der Waals surface area (Å²) in [5.41, 5.74) is 1.11. The quantitative estimate of drug-likeness (QED) is 0.654. The highest BCUT2D eigenvalue weighted by atomic mass is 16.4. The standard InChI is InChI=1S/C21H33N3O3/c1-17(2)24-14-12-23(13-15-24)11-10-20(25)22-19(8-9-21(26)27)16-18-6-4-3-5-7-18/h3-7,17,19H,8-16H2,1-2H3,(H,22,25)(H,26,27). The van der Waals surface area contributed by atoms with Gasteiger partial charge in [-0.05, 0) is 32.3 Å². The zero-order valence-electron chi connectivity index (χ0n) is 16.6. The van der Waals surface area contributed by atoms with E-state index in [4.69, 9.17) is 5.11 Å². The van der Waals surface area contributed by atoms with Crippen LogP contribution in [0.3, 0.4) is 0 Å². The molecule has 0 aromatic heterocycles. The smallest absolute Gasteiger partial charge is 0.303 e. The molecule has 1 atom stereocenters. The van der Waals surface area contributed by atoms with Crippen molar-refractivity contribution in [1.82, 2.24) is 15.1 Å². The number of carboxylic acids is 1. The number of rotatable bonds is 10. The normalized spacial score (nSPS) is 17.0. The van der Waals surface area contributed by atoms with Gasteiger partial charge in [0.1, 0.15) is 0 Å². The molecule has 1 aromatic carbocycles. The average Bonchev–Trinajstić information content (AvgIpc) is 2.65. The van der Waals surface area contributed by atoms with E-state index >= 15 is 0 Å². The number of benzene rings is 1. The van der Waals surface area contributed by atoms with Crippen LogP contribution in [0.15, 0.2) is 30.3 Å². The molecule has 1 aromatic rings. The summed E-state index contributed by atoms with van der Waals surface area (Å²) in [6.45, 7) is 9.29. The molecule has 0 aliphatic carbocycles. The highest BCUT2D eigenvalue weighted by Crippen LogP contribution is 2.09. The van der Waals surface area contributed by atoms with Crippen LogP contribution in [0.1, 0.15) is 38.7 Å². The molecule has 1 amide bonds. The van der Waals surface area contributed by atoms with E-state index in [9.17, 15) is 9.59 Å². The molecule has 150 valence electrons. The van der Waals surface area contributed by atoms with Crippen LogP contribution < -0.4 is 5.32 Å². The lowest BCUT2D eigenvalue weighted by Crippen LogP contribution is -2.49. The fraction of sp³-hybridized carbons (Fsp3) is 0.619. The van der Waals surface area contributed by atoms with E-state index in [2.05, 4.69) is 29.0 Å². The number of carbonyl (C=O) groups is 2. The number of nitrogens with zero attached hydrogens (tertiary/aromatic N) is 2. The van der Waals surface area contributed by atoms with Crippen LogP contribution in [0.25, 0.3) is 0 Å². The lowest BCUT2D eigenvalue weighted by Gasteiger charge is -2.36. The van der Waals surface area contributed by atoms with Crippen molar-refractivity contribution < 1.29 is 14.7 Å². The number of aliphatic carboxylic acids is 1. The van der Waals surface area contributed by atoms with Gasteiger partial charge < -0.3 is 15.3 Å². The Morgan fingerprint density at radius 2 is 1.74 bits per heavy atom. The van der Waals surface area contributed by atoms with Gasteiger partial charge in [-0.2, -0.15) is 0 Å². The molecular weight excluding hydrogens is 342 g/mol. The van der Waals surface area contributed by atoms with Gasteiger partial charge in [-0.3, -0.25) is 14.5 Å². The largest absolute Gasteiger partial charge is 0.481 e. The number of hydrogen-bond donors (Lipinski definition) is 2. The number of carboxylic acid groups (broad SMARTS) is 1. The molecular formula is C21H33N3O3. The van der Waals surface area contributed by atoms with E-state index in [0.717, 1.165) is 38.3 Å². The fourth-order valence-corrected chi connectivity index (χ4v) is 3.48. The van der Waals surface area contributed by atoms with Crippen molar-refractivity contribution in [3.8, 4) is 0 Å². The van der Waals surface area contributed by atoms with Crippen LogP contribution in [0.5, 0.6) is 0 Å². The maximum atomic E-state index is 12.4. The van der Waals surface area contributed by atoms with E-state index in [1.54, 1.807) is 0 Å². The summed E-state index contributed by atoms with van der Waals surface area (Å²) in [6.07, 6.45) is 1.63. The van der Waals surface area contributed by atoms with Crippen LogP contribution in [0, 0.1) is 0 Å². The first kappa shape index (κ1) is 21.4. The summed E-state index contributed by atoms with van der Waals surface area (Å²) >= 11 is 0. The maximum Gasteiger partial charge on any atom is 0.303 e. The molecule has 0 bridgehead atoms. The molecule has 6 nitrogen and oxygen atoms in total. The van der Waals surface area contributed by atoms with Crippen LogP contribution >= 0.6 is 0 Å². The second-order valence-corrected chi connectivity index (χ2v) is 7.61. The Kier molecular flexibility index (Phi) is 8.75. The first-order valence-electron chi connectivity index (χ1n) is 9.95. The van der Waals surface area contributed by atoms with Crippen LogP contribution in [-0.2, 0) is 16.0 Å². The van der Waals surface area contributed by atoms with Crippen molar-refractivity contribution in [2.24, 2.45) is 0 Å². The zero-order valence-corrected chi connectivity index (χ0v) is 16.6. The molecule has 2 rings (SSSR count). The highest BCUT2D eigenvalue weighted by Gasteiger charge is 2.20. The zero-order chi connectivity index (χ0) is 19.6. The molecule has 1 aliphatic rings. The van der Waals surface area contributed by atoms with Gasteiger partial charge in [-0.1, -0.05) is 30.3 Å². The van der Waals surface area contributed by atoms with Crippen LogP contribution in [0.4, 0.5) is 0 Å². The molecule has 6 heteroatoms. The Morgan fingerprint density at radius 1 is 1.07 bits per heavy atom. The van der Waals surface area contributed by atoms with Gasteiger partial charge in [0, 0.05) is 57.6 Å². The Balaban J connectivity index is 1.77. The minimum atomic E-state index is -0.828. The van der Waals surface area contributed by atoms with Crippen molar-refractivity contribution in [3.05, 3.63) is 35.9 Å². The molecule has 0 saturated carbocycles. The van der Waals surface area contributed by atoms with Crippen molar-refractivity contribution >= 4 is 11.9 Å². The van der Waals surface area contributed by atoms with Gasteiger partial charge in [0.2, 0.25) is 5.91 Å². The third-order valence-corrected chi connectivity index (χ3v) is 5.19. The number of carbonyl (C=O) groups excluding carboxylic acids is 1. The minimum absolute atomic E-state index is 0.00705. The minimum Gasteiger partial charge on any atom is -0.481 e. The lowest BCUT2D eigenvalue weighted by atomic mass is 10.0. The van der Waals surface area contributed by atoms with Gasteiger partial charge in [-0.15, -0.1) is 0 Å². The topological polar surface area (TPSA) is 72.9 Å². The predicted molar refractivity (Wildman–Crippen MR) is 107 cm³/mol. The van der Waals surface area contributed by atoms with E-state index in [0.29, 0.717) is 25.3 Å². The molecule has 1 heterocycles. The van der Waals surface area contributed by atoms with Gasteiger partial charge in [0.15, 0.2) is 0 Å². The van der Waals surface area contributed by atoms with E-state index < -0.39 is 5.97 Å². The third-order valence-electron chi connectivity index (χ3n) is 5.19. The van der Waals surface area contributed by atoms with Gasteiger partial charge in [0.25, 0.3) is 0 Å². The molecule has 2 N–H and O–H groups in total. The van der Waals surface area contributed by atoms with Crippen molar-refractivity contribution in [1.29, 1.82) is 0 Å². The third kappa shape index (κ3) is 8.10. The second kappa shape index (κ2) is 11.0. The van der Waals surface area contributed by atoms with E-state index in [-0.39, 0.29) is 18.4 Å². The summed E-state index contributed by atoms with van der Waals surface area (Å²) in [5.74, 6) is -0.821. The Morgan fingerprint density at radius 3 is 2.33 bits per heavy atom. The predicted octanol–water partition coefficient (Wildman–Crippen LogP) is 1.99. The number of nitrogens with one attached hydrogen (secondary N) is 1. The Bertz CT molecular complexity index is 584. The first-order chi connectivity index (χ1) is 12.9. The second-order valence-electron chi connectivity index (χ2n) is 7.61. The lowest BCUT2D eigenvalue weighted by molar-refractivity contribution is -0.137. The Labute approximate surface area is 162 Å². The summed E-state index contributed by atoms with van der Waals surface area (Å²) in [4.78, 5) is 28.1. The summed E-state index contributed by atoms with van der Waals surface area (Å²) in [6, 6.07) is 10.3. The SMILES string of the molecule is CC(C)N1CCN(CCC(=O)NC(CCC(=O)O)Cc2ccccc2)CC1. The van der Waals surface area contributed by atoms with Crippen LogP contribution in [-0.4, -0.2) is 71.6 Å². The van der Waals surface area contributed by atoms with E-state index in [1.165, 1.54) is 0 Å². The molecule has 0 radical (unpaired) electrons. The fourth-order valence-electron chi connectivity index (χ4n) is 3.48. The molecule has 1 aliphatic heterocycles. The summed E-state index contributed by atoms with van der Waals surface area (Å²) in [5, 5.41) is 12.0. The number of piperazine rings is 1. The van der Waals surface area contributed by atoms with Crippen molar-refractivity contribution in [2.45, 2.75) is 51.6 Å². The summed E-state index contributed by atoms with van der Waals surface area (Å²) in [7, 11) is 0. The van der Waals surface area contributed by atoms with Crippen molar-refractivity contribution in [2.75, 3.05) is 32.7 Å². The average molecular weight is 376 g/mol. The first-order valence-corrected chi connectivity index (χ1v) is 9.95. The molecule has 1 unspecified atom stereocenters. The van der Waals surface area contributed by atoms with E-state index in [1.807, 2.05) is 30.3 Å². The van der Waals surface area contributed by atoms with Crippen molar-refractivity contribution in [3.63, 3.8) is 0 Å². The Hall–Kier alpha value is -1.92. The molecule has 0 spiro atoms. The monoisotopic (exact) mass is 375 g/mol. The van der Waals surface area contributed by atoms with Gasteiger partial charge in [-0.25, -0.2) is 0 Å².